The predicted molar refractivity (Wildman–Crippen MR) is 76.8 cm³/mol. The zero-order valence-electron chi connectivity index (χ0n) is 10.8. The van der Waals surface area contributed by atoms with Crippen molar-refractivity contribution < 1.29 is 4.74 Å². The topological polar surface area (TPSA) is 21.3 Å². The van der Waals surface area contributed by atoms with Crippen LogP contribution in [0.3, 0.4) is 0 Å². The molecule has 3 rings (SSSR count). The number of halogens is 1. The van der Waals surface area contributed by atoms with Gasteiger partial charge in [-0.3, -0.25) is 0 Å². The molecule has 1 saturated heterocycles. The molecule has 1 aliphatic heterocycles. The summed E-state index contributed by atoms with van der Waals surface area (Å²) in [5.41, 5.74) is 2.96. The molecule has 1 aromatic rings. The minimum Gasteiger partial charge on any atom is -0.377 e. The highest BCUT2D eigenvalue weighted by molar-refractivity contribution is 9.10. The number of hydrogen-bond donors (Lipinski definition) is 1. The van der Waals surface area contributed by atoms with Crippen molar-refractivity contribution >= 4 is 15.9 Å². The van der Waals surface area contributed by atoms with Crippen LogP contribution in [0, 0.1) is 0 Å². The summed E-state index contributed by atoms with van der Waals surface area (Å²) in [7, 11) is 0. The SMILES string of the molecule is CC(NC1CCc2ccc(Br)cc21)C1CCCO1. The molecule has 3 unspecified atom stereocenters. The van der Waals surface area contributed by atoms with Crippen molar-refractivity contribution in [3.63, 3.8) is 0 Å². The smallest absolute Gasteiger partial charge is 0.0726 e. The summed E-state index contributed by atoms with van der Waals surface area (Å²) < 4.78 is 6.95. The van der Waals surface area contributed by atoms with Crippen molar-refractivity contribution in [2.45, 2.75) is 50.8 Å². The summed E-state index contributed by atoms with van der Waals surface area (Å²) in [6.45, 7) is 3.19. The summed E-state index contributed by atoms with van der Waals surface area (Å²) in [6.07, 6.45) is 5.22. The molecule has 0 spiro atoms. The Balaban J connectivity index is 1.70. The summed E-state index contributed by atoms with van der Waals surface area (Å²) in [4.78, 5) is 0. The van der Waals surface area contributed by atoms with Crippen molar-refractivity contribution in [2.75, 3.05) is 6.61 Å². The Hall–Kier alpha value is -0.380. The van der Waals surface area contributed by atoms with Crippen molar-refractivity contribution in [3.8, 4) is 0 Å². The lowest BCUT2D eigenvalue weighted by atomic mass is 10.0. The fraction of sp³-hybridized carbons (Fsp3) is 0.600. The van der Waals surface area contributed by atoms with Gasteiger partial charge in [0.2, 0.25) is 0 Å². The second-order valence-electron chi connectivity index (χ2n) is 5.44. The van der Waals surface area contributed by atoms with E-state index in [1.807, 2.05) is 0 Å². The normalized spacial score (nSPS) is 28.3. The Labute approximate surface area is 117 Å². The lowest BCUT2D eigenvalue weighted by Crippen LogP contribution is -2.38. The summed E-state index contributed by atoms with van der Waals surface area (Å²) in [5, 5.41) is 3.76. The van der Waals surface area contributed by atoms with E-state index < -0.39 is 0 Å². The van der Waals surface area contributed by atoms with Gasteiger partial charge in [0.15, 0.2) is 0 Å². The maximum atomic E-state index is 5.76. The maximum absolute atomic E-state index is 5.76. The van der Waals surface area contributed by atoms with Gasteiger partial charge in [-0.05, 0) is 55.9 Å². The third-order valence-electron chi connectivity index (χ3n) is 4.17. The van der Waals surface area contributed by atoms with Crippen LogP contribution in [0.4, 0.5) is 0 Å². The molecule has 1 aliphatic carbocycles. The van der Waals surface area contributed by atoms with E-state index in [1.54, 1.807) is 0 Å². The van der Waals surface area contributed by atoms with E-state index in [-0.39, 0.29) is 0 Å². The highest BCUT2D eigenvalue weighted by Crippen LogP contribution is 2.34. The number of nitrogens with one attached hydrogen (secondary N) is 1. The fourth-order valence-corrected chi connectivity index (χ4v) is 3.55. The van der Waals surface area contributed by atoms with E-state index in [2.05, 4.69) is 46.4 Å². The zero-order chi connectivity index (χ0) is 12.5. The Morgan fingerprint density at radius 1 is 1.39 bits per heavy atom. The molecule has 1 N–H and O–H groups in total. The number of rotatable bonds is 3. The van der Waals surface area contributed by atoms with E-state index in [0.717, 1.165) is 6.61 Å². The van der Waals surface area contributed by atoms with Crippen LogP contribution in [-0.4, -0.2) is 18.8 Å². The highest BCUT2D eigenvalue weighted by Gasteiger charge is 2.28. The van der Waals surface area contributed by atoms with Crippen LogP contribution < -0.4 is 5.32 Å². The molecule has 0 amide bonds. The van der Waals surface area contributed by atoms with Gasteiger partial charge in [-0.1, -0.05) is 22.0 Å². The molecule has 2 aliphatic rings. The fourth-order valence-electron chi connectivity index (χ4n) is 3.17. The van der Waals surface area contributed by atoms with Gasteiger partial charge >= 0.3 is 0 Å². The van der Waals surface area contributed by atoms with E-state index in [0.29, 0.717) is 18.2 Å². The second-order valence-corrected chi connectivity index (χ2v) is 6.36. The van der Waals surface area contributed by atoms with Gasteiger partial charge in [-0.25, -0.2) is 0 Å². The lowest BCUT2D eigenvalue weighted by Gasteiger charge is -2.24. The largest absolute Gasteiger partial charge is 0.377 e. The Morgan fingerprint density at radius 2 is 2.28 bits per heavy atom. The first kappa shape index (κ1) is 12.6. The minimum atomic E-state index is 0.404. The monoisotopic (exact) mass is 309 g/mol. The molecule has 18 heavy (non-hydrogen) atoms. The highest BCUT2D eigenvalue weighted by atomic mass is 79.9. The minimum absolute atomic E-state index is 0.404. The molecule has 1 fully saturated rings. The lowest BCUT2D eigenvalue weighted by molar-refractivity contribution is 0.0797. The molecule has 98 valence electrons. The maximum Gasteiger partial charge on any atom is 0.0726 e. The summed E-state index contributed by atoms with van der Waals surface area (Å²) in [6, 6.07) is 7.60. The van der Waals surface area contributed by atoms with Gasteiger partial charge in [0.05, 0.1) is 6.10 Å². The van der Waals surface area contributed by atoms with E-state index >= 15 is 0 Å². The quantitative estimate of drug-likeness (QED) is 0.921. The van der Waals surface area contributed by atoms with Crippen LogP contribution in [0.15, 0.2) is 22.7 Å². The molecule has 0 aromatic heterocycles. The van der Waals surface area contributed by atoms with E-state index in [1.165, 1.54) is 41.3 Å². The zero-order valence-corrected chi connectivity index (χ0v) is 12.4. The number of ether oxygens (including phenoxy) is 1. The molecule has 0 bridgehead atoms. The summed E-state index contributed by atoms with van der Waals surface area (Å²) in [5.74, 6) is 0. The van der Waals surface area contributed by atoms with Gasteiger partial charge in [0, 0.05) is 23.2 Å². The standard InChI is InChI=1S/C15H20BrNO/c1-10(15-3-2-8-18-15)17-14-7-5-11-4-6-12(16)9-13(11)14/h4,6,9-10,14-15,17H,2-3,5,7-8H2,1H3. The second kappa shape index (κ2) is 5.32. The Bertz CT molecular complexity index is 429. The third-order valence-corrected chi connectivity index (χ3v) is 4.67. The van der Waals surface area contributed by atoms with Crippen LogP contribution in [-0.2, 0) is 11.2 Å². The molecular formula is C15H20BrNO. The van der Waals surface area contributed by atoms with Crippen molar-refractivity contribution in [1.29, 1.82) is 0 Å². The van der Waals surface area contributed by atoms with Crippen LogP contribution in [0.25, 0.3) is 0 Å². The molecule has 3 heteroatoms. The first-order valence-electron chi connectivity index (χ1n) is 6.90. The van der Waals surface area contributed by atoms with E-state index in [4.69, 9.17) is 4.74 Å². The third kappa shape index (κ3) is 2.49. The first-order valence-corrected chi connectivity index (χ1v) is 7.69. The van der Waals surface area contributed by atoms with Gasteiger partial charge in [0.1, 0.15) is 0 Å². The Kier molecular flexibility index (Phi) is 3.73. The van der Waals surface area contributed by atoms with Gasteiger partial charge < -0.3 is 10.1 Å². The molecule has 0 saturated carbocycles. The predicted octanol–water partition coefficient (Wildman–Crippen LogP) is 3.59. The van der Waals surface area contributed by atoms with Crippen molar-refractivity contribution in [2.24, 2.45) is 0 Å². The van der Waals surface area contributed by atoms with Crippen molar-refractivity contribution in [1.82, 2.24) is 5.32 Å². The van der Waals surface area contributed by atoms with Crippen molar-refractivity contribution in [3.05, 3.63) is 33.8 Å². The molecular weight excluding hydrogens is 290 g/mol. The van der Waals surface area contributed by atoms with Gasteiger partial charge in [0.25, 0.3) is 0 Å². The number of fused-ring (bicyclic) bond motifs is 1. The molecule has 2 nitrogen and oxygen atoms in total. The molecule has 1 aromatic carbocycles. The number of hydrogen-bond acceptors (Lipinski definition) is 2. The molecule has 3 atom stereocenters. The average Bonchev–Trinajstić information content (AvgIpc) is 2.99. The number of aryl methyl sites for hydroxylation is 1. The Morgan fingerprint density at radius 3 is 3.06 bits per heavy atom. The van der Waals surface area contributed by atoms with Gasteiger partial charge in [-0.2, -0.15) is 0 Å². The number of benzene rings is 1. The van der Waals surface area contributed by atoms with Gasteiger partial charge in [-0.15, -0.1) is 0 Å². The van der Waals surface area contributed by atoms with Crippen LogP contribution in [0.1, 0.15) is 43.4 Å². The van der Waals surface area contributed by atoms with E-state index in [9.17, 15) is 0 Å². The van der Waals surface area contributed by atoms with Crippen LogP contribution in [0.2, 0.25) is 0 Å². The average molecular weight is 310 g/mol. The molecule has 0 radical (unpaired) electrons. The molecule has 1 heterocycles. The van der Waals surface area contributed by atoms with Crippen LogP contribution >= 0.6 is 15.9 Å². The first-order chi connectivity index (χ1) is 8.74. The summed E-state index contributed by atoms with van der Waals surface area (Å²) >= 11 is 3.57. The van der Waals surface area contributed by atoms with Crippen LogP contribution in [0.5, 0.6) is 0 Å².